The molecule has 1 N–H and O–H groups in total. The van der Waals surface area contributed by atoms with E-state index in [-0.39, 0.29) is 0 Å². The standard InChI is InChI=1S/C27H38N2O3S/c1-32-23-7-10-26-25(18-23)21(12-14-28-26)5-2-4-20-13-16-29(15-3-17-33-24-8-9-24)19-22(20)6-11-27(30)31/h7,10,12,14,18,20,22,24H,2-6,8-9,11,13,15-17,19H2,1H3,(H,30,31). The third-order valence-corrected chi connectivity index (χ3v) is 8.73. The zero-order valence-corrected chi connectivity index (χ0v) is 20.7. The van der Waals surface area contributed by atoms with Crippen LogP contribution in [0.4, 0.5) is 0 Å². The number of benzene rings is 1. The number of likely N-dealkylation sites (tertiary alicyclic amines) is 1. The number of carboxylic acid groups (broad SMARTS) is 1. The minimum atomic E-state index is -0.663. The molecule has 1 saturated heterocycles. The Balaban J connectivity index is 1.30. The van der Waals surface area contributed by atoms with Gasteiger partial charge in [-0.15, -0.1) is 0 Å². The van der Waals surface area contributed by atoms with E-state index >= 15 is 0 Å². The summed E-state index contributed by atoms with van der Waals surface area (Å²) in [5, 5.41) is 11.4. The van der Waals surface area contributed by atoms with Gasteiger partial charge in [-0.3, -0.25) is 9.78 Å². The summed E-state index contributed by atoms with van der Waals surface area (Å²) in [7, 11) is 1.70. The van der Waals surface area contributed by atoms with Crippen molar-refractivity contribution >= 4 is 28.6 Å². The number of ether oxygens (including phenoxy) is 1. The number of hydrogen-bond donors (Lipinski definition) is 1. The van der Waals surface area contributed by atoms with Crippen molar-refractivity contribution in [3.8, 4) is 5.75 Å². The fourth-order valence-electron chi connectivity index (χ4n) is 5.23. The molecule has 2 aromatic rings. The molecule has 2 heterocycles. The van der Waals surface area contributed by atoms with Crippen LogP contribution < -0.4 is 4.74 Å². The van der Waals surface area contributed by atoms with E-state index in [0.717, 1.165) is 48.9 Å². The fourth-order valence-corrected chi connectivity index (χ4v) is 6.33. The Bertz CT molecular complexity index is 917. The number of hydrogen-bond acceptors (Lipinski definition) is 5. The van der Waals surface area contributed by atoms with Crippen LogP contribution in [0.5, 0.6) is 5.75 Å². The van der Waals surface area contributed by atoms with Crippen LogP contribution in [0.3, 0.4) is 0 Å². The van der Waals surface area contributed by atoms with Gasteiger partial charge >= 0.3 is 5.97 Å². The Morgan fingerprint density at radius 2 is 2.06 bits per heavy atom. The van der Waals surface area contributed by atoms with Gasteiger partial charge in [-0.2, -0.15) is 11.8 Å². The third kappa shape index (κ3) is 7.35. The van der Waals surface area contributed by atoms with Crippen molar-refractivity contribution in [1.29, 1.82) is 0 Å². The summed E-state index contributed by atoms with van der Waals surface area (Å²) in [5.74, 6) is 2.61. The number of fused-ring (bicyclic) bond motifs is 1. The van der Waals surface area contributed by atoms with E-state index in [9.17, 15) is 9.90 Å². The summed E-state index contributed by atoms with van der Waals surface area (Å²) in [4.78, 5) is 18.4. The lowest BCUT2D eigenvalue weighted by Gasteiger charge is -2.39. The van der Waals surface area contributed by atoms with Gasteiger partial charge in [-0.05, 0) is 112 Å². The van der Waals surface area contributed by atoms with E-state index in [0.29, 0.717) is 18.3 Å². The highest BCUT2D eigenvalue weighted by atomic mass is 32.2. The van der Waals surface area contributed by atoms with Crippen molar-refractivity contribution in [2.45, 2.75) is 63.0 Å². The first-order valence-electron chi connectivity index (χ1n) is 12.6. The summed E-state index contributed by atoms with van der Waals surface area (Å²) < 4.78 is 5.42. The van der Waals surface area contributed by atoms with Crippen molar-refractivity contribution in [3.05, 3.63) is 36.0 Å². The molecule has 0 amide bonds. The second-order valence-corrected chi connectivity index (χ2v) is 11.1. The van der Waals surface area contributed by atoms with E-state index in [2.05, 4.69) is 33.8 Å². The van der Waals surface area contributed by atoms with Crippen LogP contribution in [0.1, 0.15) is 56.9 Å². The van der Waals surface area contributed by atoms with Crippen LogP contribution in [0.15, 0.2) is 30.5 Å². The quantitative estimate of drug-likeness (QED) is 0.382. The van der Waals surface area contributed by atoms with E-state index in [1.54, 1.807) is 7.11 Å². The molecule has 1 saturated carbocycles. The third-order valence-electron chi connectivity index (χ3n) is 7.26. The molecule has 0 bridgehead atoms. The van der Waals surface area contributed by atoms with Crippen LogP contribution in [0, 0.1) is 11.8 Å². The lowest BCUT2D eigenvalue weighted by atomic mass is 9.79. The predicted molar refractivity (Wildman–Crippen MR) is 136 cm³/mol. The number of aryl methyl sites for hydroxylation is 1. The van der Waals surface area contributed by atoms with Crippen molar-refractivity contribution in [2.24, 2.45) is 11.8 Å². The first-order chi connectivity index (χ1) is 16.1. The lowest BCUT2D eigenvalue weighted by Crippen LogP contribution is -2.41. The van der Waals surface area contributed by atoms with Crippen LogP contribution in [0.2, 0.25) is 0 Å². The number of aromatic nitrogens is 1. The largest absolute Gasteiger partial charge is 0.497 e. The topological polar surface area (TPSA) is 62.7 Å². The number of methoxy groups -OCH3 is 1. The Morgan fingerprint density at radius 1 is 1.18 bits per heavy atom. The van der Waals surface area contributed by atoms with Gasteiger partial charge in [0.2, 0.25) is 0 Å². The lowest BCUT2D eigenvalue weighted by molar-refractivity contribution is -0.137. The smallest absolute Gasteiger partial charge is 0.303 e. The summed E-state index contributed by atoms with van der Waals surface area (Å²) in [5.41, 5.74) is 2.34. The monoisotopic (exact) mass is 470 g/mol. The Morgan fingerprint density at radius 3 is 2.85 bits per heavy atom. The minimum Gasteiger partial charge on any atom is -0.497 e. The second-order valence-electron chi connectivity index (χ2n) is 9.71. The number of rotatable bonds is 13. The zero-order chi connectivity index (χ0) is 23.0. The highest BCUT2D eigenvalue weighted by Crippen LogP contribution is 2.35. The molecule has 2 unspecified atom stereocenters. The molecule has 1 aromatic heterocycles. The van der Waals surface area contributed by atoms with Crippen molar-refractivity contribution in [2.75, 3.05) is 32.5 Å². The van der Waals surface area contributed by atoms with Crippen molar-refractivity contribution in [3.63, 3.8) is 0 Å². The molecule has 0 spiro atoms. The van der Waals surface area contributed by atoms with E-state index < -0.39 is 5.97 Å². The average Bonchev–Trinajstić information content (AvgIpc) is 3.65. The van der Waals surface area contributed by atoms with Crippen LogP contribution in [-0.2, 0) is 11.2 Å². The normalized spacial score (nSPS) is 21.4. The Hall–Kier alpha value is -1.79. The van der Waals surface area contributed by atoms with E-state index in [1.807, 2.05) is 18.3 Å². The van der Waals surface area contributed by atoms with Crippen LogP contribution >= 0.6 is 11.8 Å². The number of aliphatic carboxylic acids is 1. The number of pyridine rings is 1. The highest BCUT2D eigenvalue weighted by molar-refractivity contribution is 8.00. The summed E-state index contributed by atoms with van der Waals surface area (Å²) in [6.45, 7) is 3.40. The molecule has 1 aromatic carbocycles. The molecular formula is C27H38N2O3S. The first-order valence-corrected chi connectivity index (χ1v) is 13.6. The SMILES string of the molecule is COc1ccc2nccc(CCCC3CCN(CCCSC4CC4)CC3CCC(=O)O)c2c1. The maximum absolute atomic E-state index is 11.3. The van der Waals surface area contributed by atoms with Crippen LogP contribution in [-0.4, -0.2) is 58.7 Å². The molecule has 6 heteroatoms. The first kappa shape index (κ1) is 24.3. The molecule has 4 rings (SSSR count). The fraction of sp³-hybridized carbons (Fsp3) is 0.630. The summed E-state index contributed by atoms with van der Waals surface area (Å²) in [6.07, 6.45) is 11.6. The van der Waals surface area contributed by atoms with Crippen molar-refractivity contribution in [1.82, 2.24) is 9.88 Å². The minimum absolute atomic E-state index is 0.293. The van der Waals surface area contributed by atoms with Gasteiger partial charge < -0.3 is 14.7 Å². The number of carbonyl (C=O) groups is 1. The predicted octanol–water partition coefficient (Wildman–Crippen LogP) is 5.65. The molecule has 1 aliphatic heterocycles. The Labute approximate surface area is 202 Å². The second kappa shape index (κ2) is 12.1. The summed E-state index contributed by atoms with van der Waals surface area (Å²) in [6, 6.07) is 8.21. The van der Waals surface area contributed by atoms with Crippen LogP contribution in [0.25, 0.3) is 10.9 Å². The number of piperidine rings is 1. The van der Waals surface area contributed by atoms with Crippen molar-refractivity contribution < 1.29 is 14.6 Å². The number of carboxylic acids is 1. The molecule has 0 radical (unpaired) electrons. The molecule has 2 fully saturated rings. The van der Waals surface area contributed by atoms with Gasteiger partial charge in [0.25, 0.3) is 0 Å². The van der Waals surface area contributed by atoms with E-state index in [1.165, 1.54) is 55.4 Å². The van der Waals surface area contributed by atoms with Gasteiger partial charge in [-0.25, -0.2) is 0 Å². The maximum Gasteiger partial charge on any atom is 0.303 e. The number of thioether (sulfide) groups is 1. The maximum atomic E-state index is 11.3. The van der Waals surface area contributed by atoms with Gasteiger partial charge in [0.05, 0.1) is 12.6 Å². The molecule has 1 aliphatic carbocycles. The highest BCUT2D eigenvalue weighted by Gasteiger charge is 2.29. The zero-order valence-electron chi connectivity index (χ0n) is 19.9. The van der Waals surface area contributed by atoms with Gasteiger partial charge in [0, 0.05) is 29.8 Å². The van der Waals surface area contributed by atoms with Gasteiger partial charge in [0.1, 0.15) is 5.75 Å². The Kier molecular flexibility index (Phi) is 8.90. The van der Waals surface area contributed by atoms with E-state index in [4.69, 9.17) is 4.74 Å². The van der Waals surface area contributed by atoms with Gasteiger partial charge in [-0.1, -0.05) is 0 Å². The molecular weight excluding hydrogens is 432 g/mol. The molecule has 33 heavy (non-hydrogen) atoms. The molecule has 2 atom stereocenters. The average molecular weight is 471 g/mol. The van der Waals surface area contributed by atoms with Gasteiger partial charge in [0.15, 0.2) is 0 Å². The summed E-state index contributed by atoms with van der Waals surface area (Å²) >= 11 is 2.14. The number of nitrogens with zero attached hydrogens (tertiary/aromatic N) is 2. The molecule has 5 nitrogen and oxygen atoms in total. The molecule has 2 aliphatic rings. The molecule has 180 valence electrons.